The Morgan fingerprint density at radius 3 is 2.41 bits per heavy atom. The Balaban J connectivity index is 1.76. The monoisotopic (exact) mass is 436 g/mol. The molecule has 0 bridgehead atoms. The Labute approximate surface area is 182 Å². The van der Waals surface area contributed by atoms with Gasteiger partial charge in [0.2, 0.25) is 0 Å². The number of hydrogen-bond donors (Lipinski definition) is 4. The SMILES string of the molecule is Cc1cccc(-n2nc(C(=O)Nc3ccc(C(=O)NCCC(=O)O)cc3)c(O)cc2=O)c1. The number of rotatable bonds is 7. The Hall–Kier alpha value is -4.47. The van der Waals surface area contributed by atoms with E-state index in [9.17, 15) is 24.3 Å². The summed E-state index contributed by atoms with van der Waals surface area (Å²) in [5.74, 6) is -2.78. The number of carbonyl (C=O) groups excluding carboxylic acids is 2. The molecule has 1 aromatic heterocycles. The van der Waals surface area contributed by atoms with Gasteiger partial charge in [0.1, 0.15) is 0 Å². The Kier molecular flexibility index (Phi) is 6.64. The fraction of sp³-hybridized carbons (Fsp3) is 0.136. The number of nitrogens with zero attached hydrogens (tertiary/aromatic N) is 2. The van der Waals surface area contributed by atoms with Gasteiger partial charge < -0.3 is 20.8 Å². The lowest BCUT2D eigenvalue weighted by atomic mass is 10.2. The topological polar surface area (TPSA) is 151 Å². The van der Waals surface area contributed by atoms with E-state index >= 15 is 0 Å². The molecule has 0 unspecified atom stereocenters. The van der Waals surface area contributed by atoms with E-state index in [1.807, 2.05) is 13.0 Å². The van der Waals surface area contributed by atoms with Crippen LogP contribution in [0.2, 0.25) is 0 Å². The van der Waals surface area contributed by atoms with Crippen molar-refractivity contribution in [2.75, 3.05) is 11.9 Å². The van der Waals surface area contributed by atoms with Crippen LogP contribution in [0.5, 0.6) is 5.75 Å². The number of benzene rings is 2. The molecule has 0 saturated carbocycles. The lowest BCUT2D eigenvalue weighted by Crippen LogP contribution is -2.26. The zero-order chi connectivity index (χ0) is 23.3. The minimum absolute atomic E-state index is 0.00571. The van der Waals surface area contributed by atoms with Crippen molar-refractivity contribution in [3.8, 4) is 11.4 Å². The summed E-state index contributed by atoms with van der Waals surface area (Å²) in [6.45, 7) is 1.84. The molecular weight excluding hydrogens is 416 g/mol. The van der Waals surface area contributed by atoms with Gasteiger partial charge in [-0.05, 0) is 48.9 Å². The molecule has 2 aromatic carbocycles. The minimum Gasteiger partial charge on any atom is -0.505 e. The molecule has 0 fully saturated rings. The summed E-state index contributed by atoms with van der Waals surface area (Å²) in [5, 5.41) is 27.7. The van der Waals surface area contributed by atoms with E-state index in [0.717, 1.165) is 16.3 Å². The fourth-order valence-electron chi connectivity index (χ4n) is 2.83. The summed E-state index contributed by atoms with van der Waals surface area (Å²) in [7, 11) is 0. The van der Waals surface area contributed by atoms with Crippen LogP contribution in [0.4, 0.5) is 5.69 Å². The normalized spacial score (nSPS) is 10.4. The molecule has 2 amide bonds. The molecule has 3 rings (SSSR count). The lowest BCUT2D eigenvalue weighted by Gasteiger charge is -2.10. The van der Waals surface area contributed by atoms with Gasteiger partial charge in [0, 0.05) is 23.9 Å². The second-order valence-electron chi connectivity index (χ2n) is 6.90. The average Bonchev–Trinajstić information content (AvgIpc) is 2.74. The summed E-state index contributed by atoms with van der Waals surface area (Å²) in [4.78, 5) is 47.4. The van der Waals surface area contributed by atoms with E-state index in [1.54, 1.807) is 18.2 Å². The van der Waals surface area contributed by atoms with E-state index in [4.69, 9.17) is 5.11 Å². The molecule has 0 atom stereocenters. The summed E-state index contributed by atoms with van der Waals surface area (Å²) >= 11 is 0. The molecule has 0 spiro atoms. The van der Waals surface area contributed by atoms with Crippen molar-refractivity contribution in [2.24, 2.45) is 0 Å². The van der Waals surface area contributed by atoms with Gasteiger partial charge in [-0.2, -0.15) is 9.78 Å². The fourth-order valence-corrected chi connectivity index (χ4v) is 2.83. The van der Waals surface area contributed by atoms with Gasteiger partial charge in [-0.15, -0.1) is 0 Å². The van der Waals surface area contributed by atoms with Crippen molar-refractivity contribution in [1.29, 1.82) is 0 Å². The van der Waals surface area contributed by atoms with Crippen molar-refractivity contribution < 1.29 is 24.6 Å². The number of aryl methyl sites for hydroxylation is 1. The summed E-state index contributed by atoms with van der Waals surface area (Å²) < 4.78 is 1.02. The highest BCUT2D eigenvalue weighted by molar-refractivity contribution is 6.04. The van der Waals surface area contributed by atoms with Crippen LogP contribution in [-0.4, -0.2) is 44.3 Å². The third-order valence-corrected chi connectivity index (χ3v) is 4.40. The first-order valence-electron chi connectivity index (χ1n) is 9.56. The highest BCUT2D eigenvalue weighted by atomic mass is 16.4. The van der Waals surface area contributed by atoms with Gasteiger partial charge >= 0.3 is 5.97 Å². The highest BCUT2D eigenvalue weighted by Crippen LogP contribution is 2.16. The third-order valence-electron chi connectivity index (χ3n) is 4.40. The molecule has 0 aliphatic carbocycles. The van der Waals surface area contributed by atoms with Crippen molar-refractivity contribution in [2.45, 2.75) is 13.3 Å². The van der Waals surface area contributed by atoms with E-state index < -0.39 is 29.1 Å². The summed E-state index contributed by atoms with van der Waals surface area (Å²) in [5.41, 5.74) is 1.00. The van der Waals surface area contributed by atoms with Crippen LogP contribution in [0.15, 0.2) is 59.4 Å². The van der Waals surface area contributed by atoms with Crippen LogP contribution >= 0.6 is 0 Å². The Morgan fingerprint density at radius 2 is 1.75 bits per heavy atom. The van der Waals surface area contributed by atoms with Crippen LogP contribution < -0.4 is 16.2 Å². The van der Waals surface area contributed by atoms with E-state index in [-0.39, 0.29) is 24.2 Å². The number of aromatic nitrogens is 2. The smallest absolute Gasteiger partial charge is 0.305 e. The lowest BCUT2D eigenvalue weighted by molar-refractivity contribution is -0.136. The molecule has 4 N–H and O–H groups in total. The van der Waals surface area contributed by atoms with Crippen LogP contribution in [-0.2, 0) is 4.79 Å². The van der Waals surface area contributed by atoms with Crippen molar-refractivity contribution in [1.82, 2.24) is 15.1 Å². The quantitative estimate of drug-likeness (QED) is 0.440. The molecule has 32 heavy (non-hydrogen) atoms. The van der Waals surface area contributed by atoms with Gasteiger partial charge in [-0.25, -0.2) is 0 Å². The predicted molar refractivity (Wildman–Crippen MR) is 115 cm³/mol. The number of carboxylic acid groups (broad SMARTS) is 1. The zero-order valence-electron chi connectivity index (χ0n) is 17.0. The third kappa shape index (κ3) is 5.36. The first-order valence-corrected chi connectivity index (χ1v) is 9.56. The maximum atomic E-state index is 12.6. The van der Waals surface area contributed by atoms with Crippen LogP contribution in [0, 0.1) is 6.92 Å². The maximum absolute atomic E-state index is 12.6. The van der Waals surface area contributed by atoms with E-state index in [1.165, 1.54) is 24.3 Å². The number of hydrogen-bond acceptors (Lipinski definition) is 6. The van der Waals surface area contributed by atoms with Crippen LogP contribution in [0.1, 0.15) is 32.8 Å². The first-order chi connectivity index (χ1) is 15.2. The second-order valence-corrected chi connectivity index (χ2v) is 6.90. The standard InChI is InChI=1S/C22H20N4O6/c1-13-3-2-4-16(11-13)26-18(28)12-17(27)20(25-26)22(32)24-15-7-5-14(6-8-15)21(31)23-10-9-19(29)30/h2-8,11-12,27H,9-10H2,1H3,(H,23,31)(H,24,32)(H,29,30). The van der Waals surface area contributed by atoms with Gasteiger partial charge in [0.25, 0.3) is 17.4 Å². The van der Waals surface area contributed by atoms with Crippen LogP contribution in [0.25, 0.3) is 5.69 Å². The van der Waals surface area contributed by atoms with Gasteiger partial charge in [-0.3, -0.25) is 19.2 Å². The Morgan fingerprint density at radius 1 is 1.03 bits per heavy atom. The molecule has 0 aliphatic rings. The van der Waals surface area contributed by atoms with Crippen molar-refractivity contribution in [3.63, 3.8) is 0 Å². The number of carbonyl (C=O) groups is 3. The summed E-state index contributed by atoms with van der Waals surface area (Å²) in [6, 6.07) is 13.7. The molecule has 10 heteroatoms. The number of aromatic hydroxyl groups is 1. The average molecular weight is 436 g/mol. The molecule has 10 nitrogen and oxygen atoms in total. The molecule has 3 aromatic rings. The predicted octanol–water partition coefficient (Wildman–Crippen LogP) is 1.70. The zero-order valence-corrected chi connectivity index (χ0v) is 17.0. The number of nitrogens with one attached hydrogen (secondary N) is 2. The molecule has 1 heterocycles. The molecule has 0 saturated heterocycles. The highest BCUT2D eigenvalue weighted by Gasteiger charge is 2.17. The van der Waals surface area contributed by atoms with E-state index in [2.05, 4.69) is 15.7 Å². The van der Waals surface area contributed by atoms with Crippen LogP contribution in [0.3, 0.4) is 0 Å². The van der Waals surface area contributed by atoms with Gasteiger partial charge in [0.05, 0.1) is 12.1 Å². The minimum atomic E-state index is -1.02. The van der Waals surface area contributed by atoms with Crippen molar-refractivity contribution in [3.05, 3.63) is 81.8 Å². The number of anilines is 1. The second kappa shape index (κ2) is 9.56. The molecule has 0 aliphatic heterocycles. The number of carboxylic acids is 1. The maximum Gasteiger partial charge on any atom is 0.305 e. The van der Waals surface area contributed by atoms with Crippen molar-refractivity contribution >= 4 is 23.5 Å². The Bertz CT molecular complexity index is 1230. The van der Waals surface area contributed by atoms with Gasteiger partial charge in [-0.1, -0.05) is 12.1 Å². The molecule has 164 valence electrons. The molecule has 0 radical (unpaired) electrons. The number of amides is 2. The van der Waals surface area contributed by atoms with E-state index in [0.29, 0.717) is 11.4 Å². The number of aliphatic carboxylic acids is 1. The van der Waals surface area contributed by atoms with Gasteiger partial charge in [0.15, 0.2) is 11.4 Å². The first kappa shape index (κ1) is 22.2. The summed E-state index contributed by atoms with van der Waals surface area (Å²) in [6.07, 6.45) is -0.193. The molecular formula is C22H20N4O6. The largest absolute Gasteiger partial charge is 0.505 e.